The Bertz CT molecular complexity index is 560. The van der Waals surface area contributed by atoms with Crippen molar-refractivity contribution in [2.24, 2.45) is 0 Å². The number of H-pyrrole nitrogens is 1. The van der Waals surface area contributed by atoms with E-state index in [1.54, 1.807) is 6.33 Å². The molecule has 0 amide bonds. The van der Waals surface area contributed by atoms with E-state index in [4.69, 9.17) is 5.73 Å². The van der Waals surface area contributed by atoms with Crippen LogP contribution < -0.4 is 11.3 Å². The second-order valence-corrected chi connectivity index (χ2v) is 4.41. The first-order valence-electron chi connectivity index (χ1n) is 4.63. The number of nitrogens with one attached hydrogen (secondary N) is 1. The van der Waals surface area contributed by atoms with Crippen LogP contribution in [-0.4, -0.2) is 19.5 Å². The van der Waals surface area contributed by atoms with Crippen LogP contribution in [0.1, 0.15) is 20.8 Å². The summed E-state index contributed by atoms with van der Waals surface area (Å²) in [5.41, 5.74) is 5.84. The molecule has 0 atom stereocenters. The number of hydrogen-bond donors (Lipinski definition) is 2. The van der Waals surface area contributed by atoms with Crippen molar-refractivity contribution in [3.05, 3.63) is 16.7 Å². The number of aromatic amines is 1. The Kier molecular flexibility index (Phi) is 1.82. The fourth-order valence-electron chi connectivity index (χ4n) is 1.42. The minimum absolute atomic E-state index is 0.110. The molecule has 0 spiro atoms. The molecule has 0 saturated carbocycles. The molecule has 2 rings (SSSR count). The molecule has 3 N–H and O–H groups in total. The van der Waals surface area contributed by atoms with Gasteiger partial charge in [-0.3, -0.25) is 9.78 Å². The van der Waals surface area contributed by atoms with Gasteiger partial charge in [-0.2, -0.15) is 4.98 Å². The minimum atomic E-state index is -0.305. The van der Waals surface area contributed by atoms with Gasteiger partial charge in [0.05, 0.1) is 6.33 Å². The number of anilines is 1. The average Bonchev–Trinajstić information content (AvgIpc) is 2.45. The highest BCUT2D eigenvalue weighted by Gasteiger charge is 2.18. The van der Waals surface area contributed by atoms with Crippen molar-refractivity contribution >= 4 is 17.1 Å². The van der Waals surface area contributed by atoms with E-state index in [1.807, 2.05) is 25.3 Å². The zero-order valence-corrected chi connectivity index (χ0v) is 8.90. The van der Waals surface area contributed by atoms with Gasteiger partial charge in [-0.15, -0.1) is 0 Å². The standard InChI is InChI=1S/C9H13N5O/c1-9(2,3)14-4-11-5-6(14)12-8(10)13-7(5)15/h4H,1-3H3,(H3,10,12,13,15). The number of rotatable bonds is 0. The molecule has 0 aliphatic carbocycles. The highest BCUT2D eigenvalue weighted by atomic mass is 16.1. The van der Waals surface area contributed by atoms with Crippen LogP contribution in [-0.2, 0) is 5.54 Å². The average molecular weight is 207 g/mol. The second-order valence-electron chi connectivity index (χ2n) is 4.41. The van der Waals surface area contributed by atoms with Crippen molar-refractivity contribution in [3.8, 4) is 0 Å². The van der Waals surface area contributed by atoms with Crippen molar-refractivity contribution in [2.75, 3.05) is 5.73 Å². The Morgan fingerprint density at radius 3 is 2.73 bits per heavy atom. The molecule has 0 saturated heterocycles. The summed E-state index contributed by atoms with van der Waals surface area (Å²) in [4.78, 5) is 22.0. The molecular weight excluding hydrogens is 194 g/mol. The van der Waals surface area contributed by atoms with Crippen LogP contribution >= 0.6 is 0 Å². The fourth-order valence-corrected chi connectivity index (χ4v) is 1.42. The predicted molar refractivity (Wildman–Crippen MR) is 57.6 cm³/mol. The van der Waals surface area contributed by atoms with Crippen LogP contribution in [0.3, 0.4) is 0 Å². The van der Waals surface area contributed by atoms with E-state index in [9.17, 15) is 4.79 Å². The van der Waals surface area contributed by atoms with Gasteiger partial charge in [-0.1, -0.05) is 0 Å². The molecule has 0 fully saturated rings. The Balaban J connectivity index is 2.86. The Hall–Kier alpha value is -1.85. The van der Waals surface area contributed by atoms with Gasteiger partial charge in [-0.05, 0) is 20.8 Å². The molecule has 0 aliphatic heterocycles. The van der Waals surface area contributed by atoms with E-state index in [2.05, 4.69) is 15.0 Å². The van der Waals surface area contributed by atoms with Crippen molar-refractivity contribution in [1.29, 1.82) is 0 Å². The van der Waals surface area contributed by atoms with Gasteiger partial charge in [0.15, 0.2) is 11.2 Å². The summed E-state index contributed by atoms with van der Waals surface area (Å²) in [5.74, 6) is 0.110. The molecule has 0 radical (unpaired) electrons. The summed E-state index contributed by atoms with van der Waals surface area (Å²) in [5, 5.41) is 0. The Morgan fingerprint density at radius 1 is 1.47 bits per heavy atom. The van der Waals surface area contributed by atoms with Gasteiger partial charge in [0.25, 0.3) is 5.56 Å². The van der Waals surface area contributed by atoms with Gasteiger partial charge in [0.2, 0.25) is 5.95 Å². The normalized spacial score (nSPS) is 12.2. The van der Waals surface area contributed by atoms with Gasteiger partial charge in [0.1, 0.15) is 0 Å². The maximum atomic E-state index is 11.5. The number of hydrogen-bond acceptors (Lipinski definition) is 4. The zero-order valence-electron chi connectivity index (χ0n) is 8.90. The van der Waals surface area contributed by atoms with Crippen LogP contribution in [0, 0.1) is 0 Å². The van der Waals surface area contributed by atoms with E-state index < -0.39 is 0 Å². The van der Waals surface area contributed by atoms with E-state index in [0.717, 1.165) is 0 Å². The van der Waals surface area contributed by atoms with Crippen molar-refractivity contribution in [3.63, 3.8) is 0 Å². The Morgan fingerprint density at radius 2 is 2.13 bits per heavy atom. The van der Waals surface area contributed by atoms with Crippen LogP contribution in [0.2, 0.25) is 0 Å². The van der Waals surface area contributed by atoms with Crippen molar-refractivity contribution in [1.82, 2.24) is 19.5 Å². The number of nitrogens with zero attached hydrogens (tertiary/aromatic N) is 3. The summed E-state index contributed by atoms with van der Waals surface area (Å²) in [6, 6.07) is 0. The van der Waals surface area contributed by atoms with Gasteiger partial charge < -0.3 is 10.3 Å². The maximum Gasteiger partial charge on any atom is 0.280 e. The molecule has 2 aromatic heterocycles. The van der Waals surface area contributed by atoms with Crippen LogP contribution in [0.25, 0.3) is 11.2 Å². The topological polar surface area (TPSA) is 89.6 Å². The lowest BCUT2D eigenvalue weighted by Crippen LogP contribution is -2.22. The molecule has 0 bridgehead atoms. The third-order valence-electron chi connectivity index (χ3n) is 2.15. The first kappa shape index (κ1) is 9.70. The van der Waals surface area contributed by atoms with Crippen LogP contribution in [0.15, 0.2) is 11.1 Å². The molecule has 15 heavy (non-hydrogen) atoms. The summed E-state index contributed by atoms with van der Waals surface area (Å²) >= 11 is 0. The lowest BCUT2D eigenvalue weighted by Gasteiger charge is -2.20. The highest BCUT2D eigenvalue weighted by molar-refractivity contribution is 5.70. The SMILES string of the molecule is CC(C)(C)n1cnc2c(=O)[nH]c(N)nc21. The molecule has 6 nitrogen and oxygen atoms in total. The van der Waals surface area contributed by atoms with Crippen molar-refractivity contribution in [2.45, 2.75) is 26.3 Å². The summed E-state index contributed by atoms with van der Waals surface area (Å²) in [7, 11) is 0. The van der Waals surface area contributed by atoms with Gasteiger partial charge >= 0.3 is 0 Å². The fraction of sp³-hybridized carbons (Fsp3) is 0.444. The van der Waals surface area contributed by atoms with E-state index in [0.29, 0.717) is 11.2 Å². The summed E-state index contributed by atoms with van der Waals surface area (Å²) < 4.78 is 1.83. The minimum Gasteiger partial charge on any atom is -0.369 e. The molecule has 2 heterocycles. The number of aromatic nitrogens is 4. The molecular formula is C9H13N5O. The van der Waals surface area contributed by atoms with Gasteiger partial charge in [0, 0.05) is 5.54 Å². The quantitative estimate of drug-likeness (QED) is 0.656. The summed E-state index contributed by atoms with van der Waals surface area (Å²) in [6.07, 6.45) is 1.60. The highest BCUT2D eigenvalue weighted by Crippen LogP contribution is 2.18. The van der Waals surface area contributed by atoms with E-state index >= 15 is 0 Å². The lowest BCUT2D eigenvalue weighted by atomic mass is 10.1. The molecule has 2 aromatic rings. The monoisotopic (exact) mass is 207 g/mol. The smallest absolute Gasteiger partial charge is 0.280 e. The zero-order chi connectivity index (χ0) is 11.2. The largest absolute Gasteiger partial charge is 0.369 e. The Labute approximate surface area is 86.2 Å². The maximum absolute atomic E-state index is 11.5. The molecule has 80 valence electrons. The van der Waals surface area contributed by atoms with Crippen LogP contribution in [0.5, 0.6) is 0 Å². The number of imidazole rings is 1. The predicted octanol–water partition coefficient (Wildman–Crippen LogP) is 0.457. The second kappa shape index (κ2) is 2.82. The summed E-state index contributed by atoms with van der Waals surface area (Å²) in [6.45, 7) is 6.02. The van der Waals surface area contributed by atoms with Gasteiger partial charge in [-0.25, -0.2) is 4.98 Å². The van der Waals surface area contributed by atoms with E-state index in [1.165, 1.54) is 0 Å². The number of nitrogens with two attached hydrogens (primary N) is 1. The molecule has 6 heteroatoms. The van der Waals surface area contributed by atoms with Crippen molar-refractivity contribution < 1.29 is 0 Å². The van der Waals surface area contributed by atoms with Crippen LogP contribution in [0.4, 0.5) is 5.95 Å². The van der Waals surface area contributed by atoms with E-state index in [-0.39, 0.29) is 17.0 Å². The first-order valence-corrected chi connectivity index (χ1v) is 4.63. The molecule has 0 aromatic carbocycles. The third-order valence-corrected chi connectivity index (χ3v) is 2.15. The number of fused-ring (bicyclic) bond motifs is 1. The molecule has 0 aliphatic rings. The lowest BCUT2D eigenvalue weighted by molar-refractivity contribution is 0.406. The third kappa shape index (κ3) is 1.47. The number of nitrogen functional groups attached to an aromatic ring is 1. The first-order chi connectivity index (χ1) is 6.89. The molecule has 0 unspecified atom stereocenters.